The monoisotopic (exact) mass is 288 g/mol. The maximum absolute atomic E-state index is 12.5. The van der Waals surface area contributed by atoms with E-state index in [9.17, 15) is 9.59 Å². The Balaban J connectivity index is 1.64. The fourth-order valence-corrected chi connectivity index (χ4v) is 3.10. The number of fused-ring (bicyclic) bond motifs is 1. The van der Waals surface area contributed by atoms with E-state index in [0.29, 0.717) is 26.1 Å². The highest BCUT2D eigenvalue weighted by Gasteiger charge is 2.31. The average Bonchev–Trinajstić information content (AvgIpc) is 2.82. The Morgan fingerprint density at radius 1 is 1.38 bits per heavy atom. The number of anilines is 1. The normalized spacial score (nSPS) is 21.2. The molecule has 2 aliphatic heterocycles. The van der Waals surface area contributed by atoms with Crippen LogP contribution in [0.25, 0.3) is 0 Å². The van der Waals surface area contributed by atoms with E-state index in [1.165, 1.54) is 5.56 Å². The van der Waals surface area contributed by atoms with Gasteiger partial charge in [0.15, 0.2) is 0 Å². The molecular formula is C16H20N2O3. The van der Waals surface area contributed by atoms with Crippen molar-refractivity contribution in [1.29, 1.82) is 0 Å². The molecule has 1 atom stereocenters. The van der Waals surface area contributed by atoms with Gasteiger partial charge >= 0.3 is 6.09 Å². The summed E-state index contributed by atoms with van der Waals surface area (Å²) in [4.78, 5) is 27.6. The summed E-state index contributed by atoms with van der Waals surface area (Å²) in [7, 11) is 0. The van der Waals surface area contributed by atoms with Gasteiger partial charge in [0.2, 0.25) is 5.91 Å². The van der Waals surface area contributed by atoms with Crippen LogP contribution in [0.2, 0.25) is 0 Å². The van der Waals surface area contributed by atoms with Crippen molar-refractivity contribution in [1.82, 2.24) is 4.90 Å². The number of benzene rings is 1. The highest BCUT2D eigenvalue weighted by Crippen LogP contribution is 2.32. The van der Waals surface area contributed by atoms with E-state index in [1.54, 1.807) is 4.90 Å². The van der Waals surface area contributed by atoms with Crippen LogP contribution in [-0.2, 0) is 16.0 Å². The van der Waals surface area contributed by atoms with Gasteiger partial charge in [-0.3, -0.25) is 4.79 Å². The molecule has 1 aromatic rings. The molecule has 3 rings (SSSR count). The van der Waals surface area contributed by atoms with Gasteiger partial charge in [0.05, 0.1) is 6.61 Å². The predicted molar refractivity (Wildman–Crippen MR) is 79.2 cm³/mol. The van der Waals surface area contributed by atoms with Gasteiger partial charge in [0.25, 0.3) is 0 Å². The van der Waals surface area contributed by atoms with Crippen molar-refractivity contribution in [3.05, 3.63) is 29.8 Å². The highest BCUT2D eigenvalue weighted by molar-refractivity contribution is 5.96. The first kappa shape index (κ1) is 13.9. The van der Waals surface area contributed by atoms with E-state index in [1.807, 2.05) is 23.1 Å². The van der Waals surface area contributed by atoms with Gasteiger partial charge in [-0.25, -0.2) is 4.79 Å². The Bertz CT molecular complexity index is 558. The van der Waals surface area contributed by atoms with Crippen LogP contribution in [0.15, 0.2) is 24.3 Å². The molecular weight excluding hydrogens is 268 g/mol. The van der Waals surface area contributed by atoms with Crippen molar-refractivity contribution < 1.29 is 14.3 Å². The maximum Gasteiger partial charge on any atom is 0.409 e. The van der Waals surface area contributed by atoms with Crippen LogP contribution in [0.4, 0.5) is 10.5 Å². The fourth-order valence-electron chi connectivity index (χ4n) is 3.10. The van der Waals surface area contributed by atoms with Crippen LogP contribution in [-0.4, -0.2) is 42.6 Å². The van der Waals surface area contributed by atoms with Crippen LogP contribution >= 0.6 is 0 Å². The second-order valence-electron chi connectivity index (χ2n) is 5.65. The molecule has 0 spiro atoms. The molecule has 1 aromatic carbocycles. The van der Waals surface area contributed by atoms with Crippen molar-refractivity contribution >= 4 is 17.7 Å². The lowest BCUT2D eigenvalue weighted by molar-refractivity contribution is -0.119. The van der Waals surface area contributed by atoms with E-state index < -0.39 is 0 Å². The Labute approximate surface area is 124 Å². The SMILES string of the molecule is CC1Cc2ccccc2N1C(=O)CCN1CCCOC1=O. The number of carbonyl (C=O) groups is 2. The van der Waals surface area contributed by atoms with E-state index in [-0.39, 0.29) is 18.0 Å². The third-order valence-corrected chi connectivity index (χ3v) is 4.13. The fraction of sp³-hybridized carbons (Fsp3) is 0.500. The predicted octanol–water partition coefficient (Wildman–Crippen LogP) is 2.20. The van der Waals surface area contributed by atoms with Gasteiger partial charge in [-0.05, 0) is 31.4 Å². The van der Waals surface area contributed by atoms with Gasteiger partial charge in [0.1, 0.15) is 0 Å². The highest BCUT2D eigenvalue weighted by atomic mass is 16.6. The summed E-state index contributed by atoms with van der Waals surface area (Å²) < 4.78 is 4.99. The van der Waals surface area contributed by atoms with Gasteiger partial charge < -0.3 is 14.5 Å². The number of nitrogens with zero attached hydrogens (tertiary/aromatic N) is 2. The second-order valence-corrected chi connectivity index (χ2v) is 5.65. The molecule has 0 saturated carbocycles. The number of para-hydroxylation sites is 1. The largest absolute Gasteiger partial charge is 0.449 e. The van der Waals surface area contributed by atoms with Crippen molar-refractivity contribution in [2.75, 3.05) is 24.6 Å². The summed E-state index contributed by atoms with van der Waals surface area (Å²) in [5, 5.41) is 0. The molecule has 0 radical (unpaired) electrons. The van der Waals surface area contributed by atoms with Gasteiger partial charge in [-0.15, -0.1) is 0 Å². The summed E-state index contributed by atoms with van der Waals surface area (Å²) in [6.07, 6.45) is 1.77. The molecule has 0 N–H and O–H groups in total. The molecule has 5 heteroatoms. The third kappa shape index (κ3) is 2.73. The molecule has 1 unspecified atom stereocenters. The minimum absolute atomic E-state index is 0.0748. The molecule has 0 aliphatic carbocycles. The molecule has 21 heavy (non-hydrogen) atoms. The zero-order valence-electron chi connectivity index (χ0n) is 12.2. The molecule has 112 valence electrons. The van der Waals surface area contributed by atoms with Crippen LogP contribution in [0.5, 0.6) is 0 Å². The number of carbonyl (C=O) groups excluding carboxylic acids is 2. The Kier molecular flexibility index (Phi) is 3.82. The first-order valence-electron chi connectivity index (χ1n) is 7.48. The zero-order valence-corrected chi connectivity index (χ0v) is 12.2. The van der Waals surface area contributed by atoms with Gasteiger partial charge in [-0.1, -0.05) is 18.2 Å². The van der Waals surface area contributed by atoms with E-state index in [4.69, 9.17) is 4.74 Å². The topological polar surface area (TPSA) is 49.9 Å². The quantitative estimate of drug-likeness (QED) is 0.856. The van der Waals surface area contributed by atoms with Gasteiger partial charge in [0, 0.05) is 31.2 Å². The summed E-state index contributed by atoms with van der Waals surface area (Å²) in [5.41, 5.74) is 2.23. The van der Waals surface area contributed by atoms with E-state index in [0.717, 1.165) is 18.5 Å². The Hall–Kier alpha value is -2.04. The average molecular weight is 288 g/mol. The maximum atomic E-state index is 12.5. The van der Waals surface area contributed by atoms with Crippen LogP contribution in [0.3, 0.4) is 0 Å². The summed E-state index contributed by atoms with van der Waals surface area (Å²) in [6, 6.07) is 8.21. The summed E-state index contributed by atoms with van der Waals surface area (Å²) >= 11 is 0. The van der Waals surface area contributed by atoms with Crippen LogP contribution < -0.4 is 4.90 Å². The molecule has 2 heterocycles. The molecule has 1 fully saturated rings. The third-order valence-electron chi connectivity index (χ3n) is 4.13. The Morgan fingerprint density at radius 2 is 2.19 bits per heavy atom. The molecule has 1 saturated heterocycles. The second kappa shape index (κ2) is 5.76. The number of cyclic esters (lactones) is 1. The molecule has 2 aliphatic rings. The standard InChI is InChI=1S/C16H20N2O3/c1-12-11-13-5-2-3-6-14(13)18(12)15(19)7-9-17-8-4-10-21-16(17)20/h2-3,5-6,12H,4,7-11H2,1H3. The van der Waals surface area contributed by atoms with Gasteiger partial charge in [-0.2, -0.15) is 0 Å². The minimum Gasteiger partial charge on any atom is -0.449 e. The van der Waals surface area contributed by atoms with Crippen molar-refractivity contribution in [3.63, 3.8) is 0 Å². The first-order chi connectivity index (χ1) is 10.2. The lowest BCUT2D eigenvalue weighted by Crippen LogP contribution is -2.42. The number of hydrogen-bond donors (Lipinski definition) is 0. The summed E-state index contributed by atoms with van der Waals surface area (Å²) in [5.74, 6) is 0.0748. The van der Waals surface area contributed by atoms with Crippen molar-refractivity contribution in [2.45, 2.75) is 32.2 Å². The molecule has 0 aromatic heterocycles. The smallest absolute Gasteiger partial charge is 0.409 e. The molecule has 0 bridgehead atoms. The molecule has 2 amide bonds. The zero-order chi connectivity index (χ0) is 14.8. The number of rotatable bonds is 3. The molecule has 5 nitrogen and oxygen atoms in total. The number of hydrogen-bond acceptors (Lipinski definition) is 3. The lowest BCUT2D eigenvalue weighted by Gasteiger charge is -2.28. The van der Waals surface area contributed by atoms with Crippen LogP contribution in [0, 0.1) is 0 Å². The minimum atomic E-state index is -0.302. The van der Waals surface area contributed by atoms with E-state index in [2.05, 4.69) is 13.0 Å². The Morgan fingerprint density at radius 3 is 3.00 bits per heavy atom. The first-order valence-corrected chi connectivity index (χ1v) is 7.48. The van der Waals surface area contributed by atoms with Crippen molar-refractivity contribution in [3.8, 4) is 0 Å². The van der Waals surface area contributed by atoms with E-state index >= 15 is 0 Å². The summed E-state index contributed by atoms with van der Waals surface area (Å²) in [6.45, 7) is 3.66. The number of amides is 2. The van der Waals surface area contributed by atoms with Crippen molar-refractivity contribution in [2.24, 2.45) is 0 Å². The number of ether oxygens (including phenoxy) is 1. The lowest BCUT2D eigenvalue weighted by atomic mass is 10.1. The van der Waals surface area contributed by atoms with Crippen LogP contribution in [0.1, 0.15) is 25.3 Å².